The number of benzene rings is 2. The molecule has 0 aromatic heterocycles. The molecule has 178 valence electrons. The Labute approximate surface area is 202 Å². The highest BCUT2D eigenvalue weighted by atomic mass is 35.5. The number of carboxylic acid groups (broad SMARTS) is 1. The van der Waals surface area contributed by atoms with E-state index >= 15 is 0 Å². The number of fused-ring (bicyclic) bond motifs is 3. The van der Waals surface area contributed by atoms with Crippen molar-refractivity contribution in [1.29, 1.82) is 0 Å². The van der Waals surface area contributed by atoms with E-state index in [0.717, 1.165) is 61.0 Å². The van der Waals surface area contributed by atoms with Gasteiger partial charge in [0.2, 0.25) is 0 Å². The van der Waals surface area contributed by atoms with Crippen molar-refractivity contribution in [2.45, 2.75) is 95.9 Å². The van der Waals surface area contributed by atoms with Crippen molar-refractivity contribution in [1.82, 2.24) is 4.90 Å². The second kappa shape index (κ2) is 9.46. The first-order valence-electron chi connectivity index (χ1n) is 12.8. The molecule has 2 aliphatic heterocycles. The number of piperidine rings is 2. The number of hydrogen-bond acceptors (Lipinski definition) is 3. The lowest BCUT2D eigenvalue weighted by Crippen LogP contribution is -2.53. The van der Waals surface area contributed by atoms with Gasteiger partial charge in [0.1, 0.15) is 5.75 Å². The summed E-state index contributed by atoms with van der Waals surface area (Å²) in [5.74, 6) is 0.784. The lowest BCUT2D eigenvalue weighted by molar-refractivity contribution is -0.147. The van der Waals surface area contributed by atoms with Gasteiger partial charge in [0.05, 0.1) is 17.0 Å². The highest BCUT2D eigenvalue weighted by Crippen LogP contribution is 2.43. The van der Waals surface area contributed by atoms with Gasteiger partial charge in [0.15, 0.2) is 0 Å². The molecule has 0 radical (unpaired) electrons. The van der Waals surface area contributed by atoms with Crippen LogP contribution in [0.1, 0.15) is 83.2 Å². The fraction of sp³-hybridized carbons (Fsp3) is 0.607. The minimum atomic E-state index is -0.625. The second-order valence-electron chi connectivity index (χ2n) is 10.7. The lowest BCUT2D eigenvalue weighted by Gasteiger charge is -2.51. The highest BCUT2D eigenvalue weighted by Gasteiger charge is 2.42. The zero-order valence-corrected chi connectivity index (χ0v) is 20.6. The third kappa shape index (κ3) is 4.61. The number of halogens is 1. The van der Waals surface area contributed by atoms with E-state index in [9.17, 15) is 9.90 Å². The van der Waals surface area contributed by atoms with Crippen LogP contribution in [0, 0.1) is 11.8 Å². The number of carboxylic acids is 1. The molecule has 2 aromatic rings. The van der Waals surface area contributed by atoms with E-state index in [2.05, 4.69) is 43.0 Å². The Morgan fingerprint density at radius 1 is 1.06 bits per heavy atom. The summed E-state index contributed by atoms with van der Waals surface area (Å²) in [4.78, 5) is 14.2. The summed E-state index contributed by atoms with van der Waals surface area (Å²) >= 11 is 6.80. The Morgan fingerprint density at radius 2 is 1.76 bits per heavy atom. The van der Waals surface area contributed by atoms with Crippen LogP contribution in [0.15, 0.2) is 30.3 Å². The van der Waals surface area contributed by atoms with Gasteiger partial charge in [-0.05, 0) is 87.3 Å². The van der Waals surface area contributed by atoms with Gasteiger partial charge in [-0.1, -0.05) is 43.1 Å². The minimum Gasteiger partial charge on any atom is -0.489 e. The summed E-state index contributed by atoms with van der Waals surface area (Å²) in [5.41, 5.74) is 1.28. The van der Waals surface area contributed by atoms with E-state index in [1.54, 1.807) is 0 Å². The smallest absolute Gasteiger partial charge is 0.306 e. The maximum absolute atomic E-state index is 11.6. The summed E-state index contributed by atoms with van der Waals surface area (Å²) < 4.78 is 6.31. The maximum atomic E-state index is 11.6. The predicted octanol–water partition coefficient (Wildman–Crippen LogP) is 7.23. The van der Waals surface area contributed by atoms with E-state index in [4.69, 9.17) is 16.3 Å². The molecule has 2 unspecified atom stereocenters. The van der Waals surface area contributed by atoms with E-state index in [1.165, 1.54) is 24.8 Å². The van der Waals surface area contributed by atoms with Gasteiger partial charge in [0, 0.05) is 23.5 Å². The quantitative estimate of drug-likeness (QED) is 0.501. The minimum absolute atomic E-state index is 0.190. The molecule has 3 atom stereocenters. The molecule has 0 amide bonds. The molecule has 2 saturated heterocycles. The van der Waals surface area contributed by atoms with Gasteiger partial charge in [-0.3, -0.25) is 9.69 Å². The Morgan fingerprint density at radius 3 is 2.42 bits per heavy atom. The number of ether oxygens (including phenoxy) is 1. The first-order valence-corrected chi connectivity index (χ1v) is 13.2. The van der Waals surface area contributed by atoms with Crippen LogP contribution < -0.4 is 4.74 Å². The van der Waals surface area contributed by atoms with Gasteiger partial charge >= 0.3 is 5.97 Å². The second-order valence-corrected chi connectivity index (χ2v) is 11.1. The molecule has 5 heteroatoms. The average molecular weight is 470 g/mol. The zero-order chi connectivity index (χ0) is 23.1. The van der Waals surface area contributed by atoms with Gasteiger partial charge in [-0.25, -0.2) is 0 Å². The largest absolute Gasteiger partial charge is 0.489 e. The number of nitrogens with zero attached hydrogens (tertiary/aromatic N) is 1. The Balaban J connectivity index is 1.35. The molecule has 1 N–H and O–H groups in total. The fourth-order valence-corrected chi connectivity index (χ4v) is 6.87. The van der Waals surface area contributed by atoms with Crippen molar-refractivity contribution >= 4 is 28.3 Å². The summed E-state index contributed by atoms with van der Waals surface area (Å²) in [7, 11) is 0. The molecule has 2 aromatic carbocycles. The Kier molecular flexibility index (Phi) is 6.59. The van der Waals surface area contributed by atoms with Gasteiger partial charge in [-0.2, -0.15) is 0 Å². The predicted molar refractivity (Wildman–Crippen MR) is 133 cm³/mol. The summed E-state index contributed by atoms with van der Waals surface area (Å²) in [6.07, 6.45) is 9.89. The SMILES string of the molecule is C[C@H](c1ccc2c(Cl)c(O[C@H]3CC[C@@H](C)CC3)ccc2c1)N1C2CCCC1CC(C(=O)O)C2. The summed E-state index contributed by atoms with van der Waals surface area (Å²) in [5, 5.41) is 12.5. The van der Waals surface area contributed by atoms with Crippen molar-refractivity contribution in [2.24, 2.45) is 11.8 Å². The van der Waals surface area contributed by atoms with Gasteiger partial charge < -0.3 is 9.84 Å². The monoisotopic (exact) mass is 469 g/mol. The molecule has 5 rings (SSSR count). The molecule has 3 fully saturated rings. The summed E-state index contributed by atoms with van der Waals surface area (Å²) in [6.45, 7) is 4.59. The van der Waals surface area contributed by atoms with Crippen LogP contribution in [0.2, 0.25) is 5.02 Å². The number of rotatable bonds is 5. The molecule has 3 aliphatic rings. The van der Waals surface area contributed by atoms with E-state index in [-0.39, 0.29) is 18.1 Å². The normalized spacial score (nSPS) is 31.3. The molecule has 4 nitrogen and oxygen atoms in total. The van der Waals surface area contributed by atoms with Crippen molar-refractivity contribution in [3.05, 3.63) is 40.9 Å². The van der Waals surface area contributed by atoms with E-state index < -0.39 is 5.97 Å². The third-order valence-corrected chi connectivity index (χ3v) is 8.90. The highest BCUT2D eigenvalue weighted by molar-refractivity contribution is 6.37. The molecular weight excluding hydrogens is 434 g/mol. The Bertz CT molecular complexity index is 1000. The summed E-state index contributed by atoms with van der Waals surface area (Å²) in [6, 6.07) is 11.8. The molecule has 2 bridgehead atoms. The van der Waals surface area contributed by atoms with Crippen molar-refractivity contribution < 1.29 is 14.6 Å². The van der Waals surface area contributed by atoms with Crippen LogP contribution in [0.4, 0.5) is 0 Å². The molecule has 0 spiro atoms. The Hall–Kier alpha value is -1.78. The topological polar surface area (TPSA) is 49.8 Å². The zero-order valence-electron chi connectivity index (χ0n) is 19.8. The van der Waals surface area contributed by atoms with Crippen molar-refractivity contribution in [3.63, 3.8) is 0 Å². The van der Waals surface area contributed by atoms with Crippen molar-refractivity contribution in [2.75, 3.05) is 0 Å². The first-order chi connectivity index (χ1) is 15.9. The standard InChI is InChI=1S/C28H36ClNO3/c1-17-6-10-24(11-7-17)33-26-13-9-20-14-19(8-12-25(20)27(26)29)18(2)30-22-4-3-5-23(30)16-21(15-22)28(31)32/h8-9,12-14,17-18,21-24H,3-7,10-11,15-16H2,1-2H3,(H,31,32)/t17-,18-,21?,22?,23?,24+/m1/s1. The van der Waals surface area contributed by atoms with Crippen LogP contribution in [-0.2, 0) is 4.79 Å². The average Bonchev–Trinajstić information content (AvgIpc) is 2.80. The number of hydrogen-bond donors (Lipinski definition) is 1. The van der Waals surface area contributed by atoms with Crippen LogP contribution in [0.25, 0.3) is 10.8 Å². The lowest BCUT2D eigenvalue weighted by atomic mass is 9.77. The first kappa shape index (κ1) is 23.0. The van der Waals surface area contributed by atoms with E-state index in [0.29, 0.717) is 17.1 Å². The van der Waals surface area contributed by atoms with Crippen LogP contribution >= 0.6 is 11.6 Å². The van der Waals surface area contributed by atoms with Crippen molar-refractivity contribution in [3.8, 4) is 5.75 Å². The molecule has 2 heterocycles. The van der Waals surface area contributed by atoms with Crippen LogP contribution in [0.3, 0.4) is 0 Å². The third-order valence-electron chi connectivity index (χ3n) is 8.51. The maximum Gasteiger partial charge on any atom is 0.306 e. The molecule has 33 heavy (non-hydrogen) atoms. The molecule has 1 saturated carbocycles. The van der Waals surface area contributed by atoms with Gasteiger partial charge in [0.25, 0.3) is 0 Å². The van der Waals surface area contributed by atoms with Crippen LogP contribution in [0.5, 0.6) is 5.75 Å². The van der Waals surface area contributed by atoms with Gasteiger partial charge in [-0.15, -0.1) is 0 Å². The number of aliphatic carboxylic acids is 1. The fourth-order valence-electron chi connectivity index (χ4n) is 6.59. The molecule has 1 aliphatic carbocycles. The van der Waals surface area contributed by atoms with Crippen LogP contribution in [-0.4, -0.2) is 34.2 Å². The molecular formula is C28H36ClNO3. The van der Waals surface area contributed by atoms with E-state index in [1.807, 2.05) is 6.07 Å². The number of carbonyl (C=O) groups is 1.